The minimum atomic E-state index is -0.273. The van der Waals surface area contributed by atoms with Crippen molar-refractivity contribution in [1.29, 1.82) is 0 Å². The van der Waals surface area contributed by atoms with Crippen molar-refractivity contribution in [3.63, 3.8) is 0 Å². The molecule has 1 aliphatic heterocycles. The Morgan fingerprint density at radius 2 is 2.14 bits per heavy atom. The lowest BCUT2D eigenvalue weighted by molar-refractivity contribution is -0.130. The fraction of sp³-hybridized carbons (Fsp3) is 0.562. The molecule has 116 valence electrons. The summed E-state index contributed by atoms with van der Waals surface area (Å²) in [6.45, 7) is 9.34. The Labute approximate surface area is 125 Å². The zero-order valence-corrected chi connectivity index (χ0v) is 13.0. The average molecular weight is 293 g/mol. The molecule has 0 bridgehead atoms. The van der Waals surface area contributed by atoms with Crippen molar-refractivity contribution >= 4 is 5.91 Å². The minimum absolute atomic E-state index is 0.0731. The summed E-state index contributed by atoms with van der Waals surface area (Å²) in [7, 11) is 0. The van der Waals surface area contributed by atoms with E-state index >= 15 is 0 Å². The lowest BCUT2D eigenvalue weighted by atomic mass is 10.1. The Balaban J connectivity index is 2.16. The molecule has 5 heteroatoms. The summed E-state index contributed by atoms with van der Waals surface area (Å²) in [5.74, 6) is -0.200. The normalized spacial score (nSPS) is 20.3. The van der Waals surface area contributed by atoms with Gasteiger partial charge < -0.3 is 9.80 Å². The van der Waals surface area contributed by atoms with Crippen LogP contribution in [-0.4, -0.2) is 47.9 Å². The number of halogens is 1. The van der Waals surface area contributed by atoms with E-state index in [2.05, 4.69) is 31.0 Å². The van der Waals surface area contributed by atoms with Gasteiger partial charge in [0.25, 0.3) is 0 Å². The Hall–Kier alpha value is -1.46. The highest BCUT2D eigenvalue weighted by atomic mass is 19.1. The Bertz CT molecular complexity index is 490. The minimum Gasteiger partial charge on any atom is -0.318 e. The van der Waals surface area contributed by atoms with E-state index in [1.54, 1.807) is 6.07 Å². The van der Waals surface area contributed by atoms with Crippen LogP contribution in [0.1, 0.15) is 32.5 Å². The largest absolute Gasteiger partial charge is 0.318 e. The van der Waals surface area contributed by atoms with Gasteiger partial charge in [0.15, 0.2) is 0 Å². The first-order chi connectivity index (χ1) is 10.1. The fourth-order valence-corrected chi connectivity index (χ4v) is 2.92. The maximum atomic E-state index is 13.4. The molecule has 0 aromatic heterocycles. The molecule has 4 nitrogen and oxygen atoms in total. The third-order valence-corrected chi connectivity index (χ3v) is 4.07. The van der Waals surface area contributed by atoms with Gasteiger partial charge in [-0.05, 0) is 37.7 Å². The summed E-state index contributed by atoms with van der Waals surface area (Å²) in [4.78, 5) is 16.3. The molecule has 0 radical (unpaired) electrons. The van der Waals surface area contributed by atoms with E-state index < -0.39 is 0 Å². The molecule has 1 aromatic carbocycles. The van der Waals surface area contributed by atoms with Gasteiger partial charge in [-0.1, -0.05) is 26.0 Å². The van der Waals surface area contributed by atoms with E-state index in [0.717, 1.165) is 25.2 Å². The first-order valence-corrected chi connectivity index (χ1v) is 7.59. The topological polar surface area (TPSA) is 35.6 Å². The SMILES string of the molecule is CCN(CC)CC(C)N1C(=O)CNC1c1cccc(F)c1. The molecule has 0 spiro atoms. The van der Waals surface area contributed by atoms with Crippen LogP contribution >= 0.6 is 0 Å². The third-order valence-electron chi connectivity index (χ3n) is 4.07. The van der Waals surface area contributed by atoms with Gasteiger partial charge in [-0.25, -0.2) is 4.39 Å². The molecule has 1 N–H and O–H groups in total. The molecule has 2 unspecified atom stereocenters. The predicted octanol–water partition coefficient (Wildman–Crippen LogP) is 1.99. The highest BCUT2D eigenvalue weighted by Crippen LogP contribution is 2.25. The highest BCUT2D eigenvalue weighted by molar-refractivity contribution is 5.81. The van der Waals surface area contributed by atoms with Gasteiger partial charge in [-0.2, -0.15) is 0 Å². The number of carbonyl (C=O) groups excluding carboxylic acids is 1. The van der Waals surface area contributed by atoms with Crippen LogP contribution in [0.3, 0.4) is 0 Å². The van der Waals surface area contributed by atoms with Crippen molar-refractivity contribution in [2.24, 2.45) is 0 Å². The highest BCUT2D eigenvalue weighted by Gasteiger charge is 2.35. The maximum Gasteiger partial charge on any atom is 0.238 e. The standard InChI is InChI=1S/C16H24FN3O/c1-4-19(5-2)11-12(3)20-15(21)10-18-16(20)13-7-6-8-14(17)9-13/h6-9,12,16,18H,4-5,10-11H2,1-3H3. The van der Waals surface area contributed by atoms with Crippen LogP contribution in [0, 0.1) is 5.82 Å². The second-order valence-electron chi connectivity index (χ2n) is 5.47. The van der Waals surface area contributed by atoms with Crippen LogP contribution in [0.25, 0.3) is 0 Å². The van der Waals surface area contributed by atoms with Crippen molar-refractivity contribution < 1.29 is 9.18 Å². The molecule has 1 aliphatic rings. The van der Waals surface area contributed by atoms with Gasteiger partial charge in [0.2, 0.25) is 5.91 Å². The monoisotopic (exact) mass is 293 g/mol. The molecular formula is C16H24FN3O. The predicted molar refractivity (Wildman–Crippen MR) is 81.2 cm³/mol. The van der Waals surface area contributed by atoms with Crippen LogP contribution in [-0.2, 0) is 4.79 Å². The zero-order chi connectivity index (χ0) is 15.4. The van der Waals surface area contributed by atoms with Crippen molar-refractivity contribution in [3.8, 4) is 0 Å². The van der Waals surface area contributed by atoms with Crippen molar-refractivity contribution in [3.05, 3.63) is 35.6 Å². The molecule has 1 fully saturated rings. The Morgan fingerprint density at radius 1 is 1.43 bits per heavy atom. The van der Waals surface area contributed by atoms with Gasteiger partial charge in [-0.15, -0.1) is 0 Å². The second kappa shape index (κ2) is 7.00. The number of nitrogens with one attached hydrogen (secondary N) is 1. The molecule has 0 saturated carbocycles. The van der Waals surface area contributed by atoms with Crippen molar-refractivity contribution in [2.75, 3.05) is 26.2 Å². The Morgan fingerprint density at radius 3 is 2.76 bits per heavy atom. The van der Waals surface area contributed by atoms with Gasteiger partial charge in [-0.3, -0.25) is 10.1 Å². The summed E-state index contributed by atoms with van der Waals surface area (Å²) in [6.07, 6.45) is -0.237. The van der Waals surface area contributed by atoms with E-state index in [1.807, 2.05) is 11.0 Å². The molecule has 1 heterocycles. The average Bonchev–Trinajstić information content (AvgIpc) is 2.86. The molecule has 0 aliphatic carbocycles. The number of carbonyl (C=O) groups is 1. The van der Waals surface area contributed by atoms with Crippen molar-refractivity contribution in [2.45, 2.75) is 33.0 Å². The second-order valence-corrected chi connectivity index (χ2v) is 5.47. The van der Waals surface area contributed by atoms with Crippen molar-refractivity contribution in [1.82, 2.24) is 15.1 Å². The van der Waals surface area contributed by atoms with Gasteiger partial charge in [0.1, 0.15) is 12.0 Å². The number of hydrogen-bond donors (Lipinski definition) is 1. The summed E-state index contributed by atoms with van der Waals surface area (Å²) in [6, 6.07) is 6.54. The smallest absolute Gasteiger partial charge is 0.238 e. The number of likely N-dealkylation sites (N-methyl/N-ethyl adjacent to an activating group) is 1. The molecular weight excluding hydrogens is 269 g/mol. The van der Waals surface area contributed by atoms with Crippen LogP contribution in [0.4, 0.5) is 4.39 Å². The van der Waals surface area contributed by atoms with Gasteiger partial charge >= 0.3 is 0 Å². The molecule has 1 saturated heterocycles. The molecule has 2 atom stereocenters. The van der Waals surface area contributed by atoms with Crippen LogP contribution in [0.15, 0.2) is 24.3 Å². The summed E-state index contributed by atoms with van der Waals surface area (Å²) < 4.78 is 13.4. The van der Waals surface area contributed by atoms with E-state index in [9.17, 15) is 9.18 Å². The van der Waals surface area contributed by atoms with E-state index in [4.69, 9.17) is 0 Å². The number of benzene rings is 1. The quantitative estimate of drug-likeness (QED) is 0.871. The molecule has 1 amide bonds. The van der Waals surface area contributed by atoms with Crippen LogP contribution in [0.2, 0.25) is 0 Å². The maximum absolute atomic E-state index is 13.4. The fourth-order valence-electron chi connectivity index (χ4n) is 2.92. The van der Waals surface area contributed by atoms with Crippen LogP contribution < -0.4 is 5.32 Å². The van der Waals surface area contributed by atoms with E-state index in [1.165, 1.54) is 12.1 Å². The first kappa shape index (κ1) is 15.9. The molecule has 2 rings (SSSR count). The lowest BCUT2D eigenvalue weighted by Gasteiger charge is -2.33. The number of amides is 1. The molecule has 21 heavy (non-hydrogen) atoms. The van der Waals surface area contributed by atoms with E-state index in [-0.39, 0.29) is 23.9 Å². The zero-order valence-electron chi connectivity index (χ0n) is 13.0. The first-order valence-electron chi connectivity index (χ1n) is 7.59. The summed E-state index contributed by atoms with van der Waals surface area (Å²) >= 11 is 0. The Kier molecular flexibility index (Phi) is 5.31. The molecule has 1 aromatic rings. The van der Waals surface area contributed by atoms with E-state index in [0.29, 0.717) is 6.54 Å². The number of rotatable bonds is 6. The third kappa shape index (κ3) is 3.60. The number of nitrogens with zero attached hydrogens (tertiary/aromatic N) is 2. The number of hydrogen-bond acceptors (Lipinski definition) is 3. The summed E-state index contributed by atoms with van der Waals surface area (Å²) in [5, 5.41) is 3.18. The lowest BCUT2D eigenvalue weighted by Crippen LogP contribution is -2.45. The van der Waals surface area contributed by atoms with Crippen LogP contribution in [0.5, 0.6) is 0 Å². The van der Waals surface area contributed by atoms with Gasteiger partial charge in [0.05, 0.1) is 6.54 Å². The van der Waals surface area contributed by atoms with Gasteiger partial charge in [0, 0.05) is 12.6 Å². The summed E-state index contributed by atoms with van der Waals surface area (Å²) in [5.41, 5.74) is 0.798.